The molecule has 1 saturated carbocycles. The van der Waals surface area contributed by atoms with Crippen molar-refractivity contribution in [3.8, 4) is 0 Å². The predicted molar refractivity (Wildman–Crippen MR) is 69.8 cm³/mol. The minimum Gasteiger partial charge on any atom is -0.348 e. The van der Waals surface area contributed by atoms with Gasteiger partial charge in [0, 0.05) is 32.0 Å². The maximum absolute atomic E-state index is 12.2. The third-order valence-corrected chi connectivity index (χ3v) is 5.96. The van der Waals surface area contributed by atoms with E-state index in [-0.39, 0.29) is 6.04 Å². The van der Waals surface area contributed by atoms with Gasteiger partial charge in [-0.15, -0.1) is 0 Å². The first-order valence-electron chi connectivity index (χ1n) is 7.15. The SMILES string of the molecule is O=S(=O)(NC1CCC2(CC1)OCCO2)N1CCCC1. The van der Waals surface area contributed by atoms with Gasteiger partial charge in [0.1, 0.15) is 0 Å². The van der Waals surface area contributed by atoms with E-state index in [0.29, 0.717) is 26.3 Å². The zero-order valence-corrected chi connectivity index (χ0v) is 12.0. The molecule has 110 valence electrons. The highest BCUT2D eigenvalue weighted by Crippen LogP contribution is 2.36. The molecule has 1 N–H and O–H groups in total. The van der Waals surface area contributed by atoms with Crippen molar-refractivity contribution in [1.29, 1.82) is 0 Å². The first-order chi connectivity index (χ1) is 9.10. The molecule has 0 aromatic heterocycles. The Balaban J connectivity index is 1.54. The Morgan fingerprint density at radius 1 is 1.05 bits per heavy atom. The molecule has 3 fully saturated rings. The summed E-state index contributed by atoms with van der Waals surface area (Å²) in [5, 5.41) is 0. The fourth-order valence-corrected chi connectivity index (χ4v) is 4.72. The molecule has 3 rings (SSSR count). The monoisotopic (exact) mass is 290 g/mol. The van der Waals surface area contributed by atoms with Gasteiger partial charge in [0.15, 0.2) is 5.79 Å². The molecule has 0 aromatic rings. The van der Waals surface area contributed by atoms with Gasteiger partial charge in [-0.3, -0.25) is 0 Å². The highest BCUT2D eigenvalue weighted by Gasteiger charge is 2.41. The fourth-order valence-electron chi connectivity index (χ4n) is 3.17. The lowest BCUT2D eigenvalue weighted by Gasteiger charge is -2.35. The molecule has 1 spiro atoms. The Labute approximate surface area is 114 Å². The van der Waals surface area contributed by atoms with Gasteiger partial charge in [-0.1, -0.05) is 0 Å². The number of nitrogens with one attached hydrogen (secondary N) is 1. The van der Waals surface area contributed by atoms with Gasteiger partial charge in [-0.2, -0.15) is 17.4 Å². The molecular formula is C12H22N2O4S. The normalized spacial score (nSPS) is 29.3. The molecule has 1 aliphatic carbocycles. The lowest BCUT2D eigenvalue weighted by molar-refractivity contribution is -0.178. The van der Waals surface area contributed by atoms with Gasteiger partial charge in [0.2, 0.25) is 0 Å². The summed E-state index contributed by atoms with van der Waals surface area (Å²) in [5.74, 6) is -0.421. The van der Waals surface area contributed by atoms with Gasteiger partial charge in [-0.25, -0.2) is 0 Å². The highest BCUT2D eigenvalue weighted by atomic mass is 32.2. The smallest absolute Gasteiger partial charge is 0.279 e. The van der Waals surface area contributed by atoms with Crippen LogP contribution in [0.15, 0.2) is 0 Å². The molecular weight excluding hydrogens is 268 g/mol. The molecule has 6 nitrogen and oxygen atoms in total. The van der Waals surface area contributed by atoms with Crippen LogP contribution in [0.3, 0.4) is 0 Å². The van der Waals surface area contributed by atoms with E-state index >= 15 is 0 Å². The number of hydrogen-bond acceptors (Lipinski definition) is 4. The summed E-state index contributed by atoms with van der Waals surface area (Å²) in [6.45, 7) is 2.62. The average molecular weight is 290 g/mol. The topological polar surface area (TPSA) is 67.9 Å². The third-order valence-electron chi connectivity index (χ3n) is 4.28. The summed E-state index contributed by atoms with van der Waals surface area (Å²) >= 11 is 0. The summed E-state index contributed by atoms with van der Waals surface area (Å²) in [5.41, 5.74) is 0. The standard InChI is InChI=1S/C12H22N2O4S/c15-19(16,14-7-1-2-8-14)13-11-3-5-12(6-4-11)17-9-10-18-12/h11,13H,1-10H2. The van der Waals surface area contributed by atoms with Crippen molar-refractivity contribution in [2.45, 2.75) is 50.4 Å². The van der Waals surface area contributed by atoms with E-state index < -0.39 is 16.0 Å². The van der Waals surface area contributed by atoms with Crippen molar-refractivity contribution in [2.75, 3.05) is 26.3 Å². The summed E-state index contributed by atoms with van der Waals surface area (Å²) in [6.07, 6.45) is 5.06. The van der Waals surface area contributed by atoms with E-state index in [9.17, 15) is 8.42 Å². The summed E-state index contributed by atoms with van der Waals surface area (Å²) in [6, 6.07) is 0.0176. The van der Waals surface area contributed by atoms with Crippen molar-refractivity contribution in [2.24, 2.45) is 0 Å². The second-order valence-electron chi connectivity index (χ2n) is 5.61. The molecule has 2 aliphatic heterocycles. The molecule has 3 aliphatic rings. The molecule has 0 aromatic carbocycles. The van der Waals surface area contributed by atoms with Crippen molar-refractivity contribution < 1.29 is 17.9 Å². The van der Waals surface area contributed by atoms with E-state index in [4.69, 9.17) is 9.47 Å². The largest absolute Gasteiger partial charge is 0.348 e. The van der Waals surface area contributed by atoms with Crippen LogP contribution in [0.5, 0.6) is 0 Å². The summed E-state index contributed by atoms with van der Waals surface area (Å²) in [4.78, 5) is 0. The molecule has 0 atom stereocenters. The zero-order chi connectivity index (χ0) is 13.3. The third kappa shape index (κ3) is 2.95. The summed E-state index contributed by atoms with van der Waals surface area (Å²) in [7, 11) is -3.29. The first-order valence-corrected chi connectivity index (χ1v) is 8.59. The minimum atomic E-state index is -3.29. The van der Waals surface area contributed by atoms with E-state index in [1.165, 1.54) is 0 Å². The quantitative estimate of drug-likeness (QED) is 0.826. The average Bonchev–Trinajstić information content (AvgIpc) is 3.05. The maximum Gasteiger partial charge on any atom is 0.279 e. The van der Waals surface area contributed by atoms with Crippen molar-refractivity contribution in [1.82, 2.24) is 9.03 Å². The Morgan fingerprint density at radius 2 is 1.63 bits per heavy atom. The molecule has 7 heteroatoms. The van der Waals surface area contributed by atoms with Crippen LogP contribution in [0, 0.1) is 0 Å². The van der Waals surface area contributed by atoms with Crippen LogP contribution < -0.4 is 4.72 Å². The number of hydrogen-bond donors (Lipinski definition) is 1. The predicted octanol–water partition coefficient (Wildman–Crippen LogP) is 0.602. The van der Waals surface area contributed by atoms with Gasteiger partial charge >= 0.3 is 0 Å². The molecule has 0 bridgehead atoms. The van der Waals surface area contributed by atoms with Gasteiger partial charge in [0.25, 0.3) is 10.2 Å². The van der Waals surface area contributed by atoms with Gasteiger partial charge in [0.05, 0.1) is 13.2 Å². The molecule has 2 heterocycles. The second-order valence-corrected chi connectivity index (χ2v) is 7.31. The van der Waals surface area contributed by atoms with E-state index in [0.717, 1.165) is 38.5 Å². The van der Waals surface area contributed by atoms with Crippen molar-refractivity contribution in [3.63, 3.8) is 0 Å². The number of ether oxygens (including phenoxy) is 2. The number of rotatable bonds is 3. The lowest BCUT2D eigenvalue weighted by Crippen LogP contribution is -2.48. The maximum atomic E-state index is 12.2. The Bertz CT molecular complexity index is 403. The van der Waals surface area contributed by atoms with E-state index in [2.05, 4.69) is 4.72 Å². The molecule has 2 saturated heterocycles. The van der Waals surface area contributed by atoms with Crippen molar-refractivity contribution >= 4 is 10.2 Å². The Morgan fingerprint density at radius 3 is 2.21 bits per heavy atom. The van der Waals surface area contributed by atoms with E-state index in [1.54, 1.807) is 4.31 Å². The minimum absolute atomic E-state index is 0.0176. The van der Waals surface area contributed by atoms with Crippen LogP contribution >= 0.6 is 0 Å². The summed E-state index contributed by atoms with van der Waals surface area (Å²) < 4.78 is 40.0. The highest BCUT2D eigenvalue weighted by molar-refractivity contribution is 7.87. The van der Waals surface area contributed by atoms with Crippen LogP contribution in [0.25, 0.3) is 0 Å². The van der Waals surface area contributed by atoms with Crippen LogP contribution in [0.2, 0.25) is 0 Å². The van der Waals surface area contributed by atoms with Crippen LogP contribution in [0.4, 0.5) is 0 Å². The number of nitrogens with zero attached hydrogens (tertiary/aromatic N) is 1. The Hall–Kier alpha value is -0.210. The van der Waals surface area contributed by atoms with Crippen molar-refractivity contribution in [3.05, 3.63) is 0 Å². The molecule has 0 unspecified atom stereocenters. The fraction of sp³-hybridized carbons (Fsp3) is 1.00. The Kier molecular flexibility index (Phi) is 3.83. The molecule has 19 heavy (non-hydrogen) atoms. The van der Waals surface area contributed by atoms with Gasteiger partial charge in [-0.05, 0) is 25.7 Å². The first kappa shape index (κ1) is 13.8. The van der Waals surface area contributed by atoms with Crippen LogP contribution in [0.1, 0.15) is 38.5 Å². The van der Waals surface area contributed by atoms with E-state index in [1.807, 2.05) is 0 Å². The van der Waals surface area contributed by atoms with Gasteiger partial charge < -0.3 is 9.47 Å². The van der Waals surface area contributed by atoms with Crippen LogP contribution in [-0.4, -0.2) is 50.9 Å². The second kappa shape index (κ2) is 5.29. The molecule has 0 amide bonds. The zero-order valence-electron chi connectivity index (χ0n) is 11.1. The lowest BCUT2D eigenvalue weighted by atomic mass is 9.91. The molecule has 0 radical (unpaired) electrons. The van der Waals surface area contributed by atoms with Crippen LogP contribution in [-0.2, 0) is 19.7 Å².